The highest BCUT2D eigenvalue weighted by molar-refractivity contribution is 5.95. The van der Waals surface area contributed by atoms with Crippen LogP contribution in [0.2, 0.25) is 0 Å². The van der Waals surface area contributed by atoms with E-state index in [1.807, 2.05) is 69.3 Å². The number of hydrogen-bond acceptors (Lipinski definition) is 3. The third-order valence-corrected chi connectivity index (χ3v) is 4.09. The van der Waals surface area contributed by atoms with Gasteiger partial charge >= 0.3 is 0 Å². The molecule has 0 radical (unpaired) electrons. The minimum absolute atomic E-state index is 0.0269. The van der Waals surface area contributed by atoms with E-state index < -0.39 is 6.10 Å². The third kappa shape index (κ3) is 5.34. The van der Waals surface area contributed by atoms with Crippen LogP contribution in [0, 0.1) is 13.8 Å². The zero-order valence-electron chi connectivity index (χ0n) is 15.8. The molecular weight excluding hydrogens is 328 g/mol. The molecule has 2 rings (SSSR count). The van der Waals surface area contributed by atoms with Gasteiger partial charge in [-0.05, 0) is 49.6 Å². The SMILES string of the molecule is CC[C@@H](Oc1ccccc1)C(=O)N(C)CC(=O)Nc1cc(C)ccc1C. The van der Waals surface area contributed by atoms with Crippen LogP contribution in [0.5, 0.6) is 5.75 Å². The van der Waals surface area contributed by atoms with E-state index in [4.69, 9.17) is 4.74 Å². The van der Waals surface area contributed by atoms with Crippen LogP contribution in [-0.2, 0) is 9.59 Å². The Labute approximate surface area is 155 Å². The van der Waals surface area contributed by atoms with Gasteiger partial charge in [0.2, 0.25) is 5.91 Å². The van der Waals surface area contributed by atoms with Gasteiger partial charge in [-0.3, -0.25) is 9.59 Å². The van der Waals surface area contributed by atoms with Crippen molar-refractivity contribution in [3.8, 4) is 5.75 Å². The summed E-state index contributed by atoms with van der Waals surface area (Å²) < 4.78 is 5.76. The van der Waals surface area contributed by atoms with E-state index in [-0.39, 0.29) is 18.4 Å². The predicted octanol–water partition coefficient (Wildman–Crippen LogP) is 3.56. The Bertz CT molecular complexity index is 759. The number of nitrogens with one attached hydrogen (secondary N) is 1. The van der Waals surface area contributed by atoms with Gasteiger partial charge in [0.15, 0.2) is 6.10 Å². The van der Waals surface area contributed by atoms with Crippen LogP contribution in [0.3, 0.4) is 0 Å². The highest BCUT2D eigenvalue weighted by Gasteiger charge is 2.23. The molecule has 0 spiro atoms. The van der Waals surface area contributed by atoms with Crippen LogP contribution in [0.15, 0.2) is 48.5 Å². The van der Waals surface area contributed by atoms with E-state index in [0.29, 0.717) is 12.2 Å². The quantitative estimate of drug-likeness (QED) is 0.827. The summed E-state index contributed by atoms with van der Waals surface area (Å²) in [5.41, 5.74) is 2.82. The van der Waals surface area contributed by atoms with E-state index in [9.17, 15) is 9.59 Å². The summed E-state index contributed by atoms with van der Waals surface area (Å²) in [5.74, 6) is 0.192. The molecule has 2 amide bonds. The second-order valence-corrected chi connectivity index (χ2v) is 6.39. The normalized spacial score (nSPS) is 11.5. The highest BCUT2D eigenvalue weighted by Crippen LogP contribution is 2.17. The second kappa shape index (κ2) is 9.04. The molecule has 2 aromatic rings. The molecule has 0 aliphatic heterocycles. The summed E-state index contributed by atoms with van der Waals surface area (Å²) in [4.78, 5) is 26.3. The molecule has 0 heterocycles. The molecule has 0 bridgehead atoms. The average molecular weight is 354 g/mol. The first-order valence-corrected chi connectivity index (χ1v) is 8.74. The molecule has 0 saturated heterocycles. The number of ether oxygens (including phenoxy) is 1. The lowest BCUT2D eigenvalue weighted by Crippen LogP contribution is -2.43. The van der Waals surface area contributed by atoms with Crippen molar-refractivity contribution < 1.29 is 14.3 Å². The largest absolute Gasteiger partial charge is 0.481 e. The van der Waals surface area contributed by atoms with Crippen LogP contribution < -0.4 is 10.1 Å². The van der Waals surface area contributed by atoms with Gasteiger partial charge in [0.05, 0.1) is 6.54 Å². The van der Waals surface area contributed by atoms with Crippen LogP contribution in [0.4, 0.5) is 5.69 Å². The first-order valence-electron chi connectivity index (χ1n) is 8.74. The van der Waals surface area contributed by atoms with Crippen molar-refractivity contribution in [1.29, 1.82) is 0 Å². The molecule has 0 aromatic heterocycles. The highest BCUT2D eigenvalue weighted by atomic mass is 16.5. The Morgan fingerprint density at radius 1 is 1.12 bits per heavy atom. The smallest absolute Gasteiger partial charge is 0.263 e. The molecule has 26 heavy (non-hydrogen) atoms. The lowest BCUT2D eigenvalue weighted by Gasteiger charge is -2.23. The number of rotatable bonds is 7. The second-order valence-electron chi connectivity index (χ2n) is 6.39. The molecule has 1 N–H and O–H groups in total. The number of carbonyl (C=O) groups is 2. The molecule has 5 heteroatoms. The molecule has 5 nitrogen and oxygen atoms in total. The molecule has 0 unspecified atom stereocenters. The topological polar surface area (TPSA) is 58.6 Å². The fourth-order valence-corrected chi connectivity index (χ4v) is 2.57. The summed E-state index contributed by atoms with van der Waals surface area (Å²) in [6.45, 7) is 5.76. The first kappa shape index (κ1) is 19.5. The lowest BCUT2D eigenvalue weighted by molar-refractivity contribution is -0.139. The number of para-hydroxylation sites is 1. The maximum absolute atomic E-state index is 12.6. The van der Waals surface area contributed by atoms with E-state index in [1.165, 1.54) is 4.90 Å². The molecule has 0 fully saturated rings. The standard InChI is InChI=1S/C21H26N2O3/c1-5-19(26-17-9-7-6-8-10-17)21(25)23(4)14-20(24)22-18-13-15(2)11-12-16(18)3/h6-13,19H,5,14H2,1-4H3,(H,22,24)/t19-/m1/s1. The number of benzene rings is 2. The number of hydrogen-bond donors (Lipinski definition) is 1. The van der Waals surface area contributed by atoms with Crippen LogP contribution in [-0.4, -0.2) is 36.4 Å². The fraction of sp³-hybridized carbons (Fsp3) is 0.333. The van der Waals surface area contributed by atoms with Gasteiger partial charge in [0.25, 0.3) is 5.91 Å². The zero-order chi connectivity index (χ0) is 19.1. The maximum atomic E-state index is 12.6. The molecule has 138 valence electrons. The monoisotopic (exact) mass is 354 g/mol. The van der Waals surface area contributed by atoms with Crippen LogP contribution >= 0.6 is 0 Å². The Balaban J connectivity index is 1.96. The minimum Gasteiger partial charge on any atom is -0.481 e. The predicted molar refractivity (Wildman–Crippen MR) is 103 cm³/mol. The Morgan fingerprint density at radius 2 is 1.81 bits per heavy atom. The molecule has 0 aliphatic carbocycles. The number of nitrogens with zero attached hydrogens (tertiary/aromatic N) is 1. The van der Waals surface area contributed by atoms with Crippen molar-refractivity contribution in [2.24, 2.45) is 0 Å². The third-order valence-electron chi connectivity index (χ3n) is 4.09. The molecule has 1 atom stereocenters. The molecular formula is C21H26N2O3. The Morgan fingerprint density at radius 3 is 2.46 bits per heavy atom. The van der Waals surface area contributed by atoms with Gasteiger partial charge in [0.1, 0.15) is 5.75 Å². The van der Waals surface area contributed by atoms with E-state index >= 15 is 0 Å². The number of amides is 2. The number of likely N-dealkylation sites (N-methyl/N-ethyl adjacent to an activating group) is 1. The fourth-order valence-electron chi connectivity index (χ4n) is 2.57. The van der Waals surface area contributed by atoms with Gasteiger partial charge in [-0.15, -0.1) is 0 Å². The molecule has 0 saturated carbocycles. The summed E-state index contributed by atoms with van der Waals surface area (Å²) >= 11 is 0. The first-order chi connectivity index (χ1) is 12.4. The van der Waals surface area contributed by atoms with E-state index in [0.717, 1.165) is 16.8 Å². The van der Waals surface area contributed by atoms with Gasteiger partial charge in [-0.2, -0.15) is 0 Å². The van der Waals surface area contributed by atoms with E-state index in [1.54, 1.807) is 7.05 Å². The van der Waals surface area contributed by atoms with Crippen molar-refractivity contribution in [2.75, 3.05) is 18.9 Å². The van der Waals surface area contributed by atoms with Gasteiger partial charge in [-0.25, -0.2) is 0 Å². The van der Waals surface area contributed by atoms with Crippen molar-refractivity contribution in [3.63, 3.8) is 0 Å². The summed E-state index contributed by atoms with van der Waals surface area (Å²) in [5, 5.41) is 2.87. The number of aryl methyl sites for hydroxylation is 2. The van der Waals surface area contributed by atoms with Crippen molar-refractivity contribution in [1.82, 2.24) is 4.90 Å². The summed E-state index contributed by atoms with van der Waals surface area (Å²) in [7, 11) is 1.61. The molecule has 0 aliphatic rings. The van der Waals surface area contributed by atoms with Crippen LogP contribution in [0.25, 0.3) is 0 Å². The van der Waals surface area contributed by atoms with Crippen LogP contribution in [0.1, 0.15) is 24.5 Å². The molecule has 2 aromatic carbocycles. The summed E-state index contributed by atoms with van der Waals surface area (Å²) in [6, 6.07) is 15.1. The summed E-state index contributed by atoms with van der Waals surface area (Å²) in [6.07, 6.45) is -0.0904. The number of anilines is 1. The number of carbonyl (C=O) groups excluding carboxylic acids is 2. The van der Waals surface area contributed by atoms with E-state index in [2.05, 4.69) is 5.32 Å². The van der Waals surface area contributed by atoms with Crippen molar-refractivity contribution in [2.45, 2.75) is 33.3 Å². The zero-order valence-corrected chi connectivity index (χ0v) is 15.8. The average Bonchev–Trinajstić information content (AvgIpc) is 2.63. The van der Waals surface area contributed by atoms with Gasteiger partial charge in [0, 0.05) is 12.7 Å². The Kier molecular flexibility index (Phi) is 6.78. The van der Waals surface area contributed by atoms with Crippen molar-refractivity contribution in [3.05, 3.63) is 59.7 Å². The van der Waals surface area contributed by atoms with Gasteiger partial charge in [-0.1, -0.05) is 37.3 Å². The van der Waals surface area contributed by atoms with Crippen molar-refractivity contribution >= 4 is 17.5 Å². The van der Waals surface area contributed by atoms with Gasteiger partial charge < -0.3 is 15.0 Å². The Hall–Kier alpha value is -2.82. The minimum atomic E-state index is -0.615. The maximum Gasteiger partial charge on any atom is 0.263 e. The lowest BCUT2D eigenvalue weighted by atomic mass is 10.1.